The summed E-state index contributed by atoms with van der Waals surface area (Å²) in [6.45, 7) is 4.02. The van der Waals surface area contributed by atoms with Crippen LogP contribution in [0.25, 0.3) is 55.7 Å². The molecule has 0 saturated heterocycles. The highest BCUT2D eigenvalue weighted by Crippen LogP contribution is 2.33. The monoisotopic (exact) mass is 503 g/mol. The number of rotatable bonds is 6. The van der Waals surface area contributed by atoms with Gasteiger partial charge in [-0.05, 0) is 35.7 Å². The average Bonchev–Trinajstić information content (AvgIpc) is 3.49. The van der Waals surface area contributed by atoms with E-state index in [-0.39, 0.29) is 11.8 Å². The van der Waals surface area contributed by atoms with Crippen molar-refractivity contribution < 1.29 is 4.79 Å². The summed E-state index contributed by atoms with van der Waals surface area (Å²) < 4.78 is 1.51. The van der Waals surface area contributed by atoms with Gasteiger partial charge in [0.2, 0.25) is 5.91 Å². The number of benzene rings is 1. The highest BCUT2D eigenvalue weighted by molar-refractivity contribution is 5.98. The maximum atomic E-state index is 12.3. The van der Waals surface area contributed by atoms with Crippen LogP contribution in [0.4, 0.5) is 5.69 Å². The molecule has 0 spiro atoms. The van der Waals surface area contributed by atoms with Crippen LogP contribution in [-0.4, -0.2) is 40.7 Å². The van der Waals surface area contributed by atoms with Gasteiger partial charge in [0.25, 0.3) is 0 Å². The second kappa shape index (κ2) is 9.40. The van der Waals surface area contributed by atoms with Crippen LogP contribution in [-0.2, 0) is 4.79 Å². The van der Waals surface area contributed by atoms with E-state index >= 15 is 0 Å². The summed E-state index contributed by atoms with van der Waals surface area (Å²) in [7, 11) is 0. The number of carbonyl (C=O) groups excluding carboxylic acids is 1. The van der Waals surface area contributed by atoms with Gasteiger partial charge in [-0.3, -0.25) is 24.8 Å². The molecule has 0 unspecified atom stereocenters. The third-order valence-corrected chi connectivity index (χ3v) is 6.30. The lowest BCUT2D eigenvalue weighted by molar-refractivity contribution is -0.116. The van der Waals surface area contributed by atoms with Crippen LogP contribution in [0.15, 0.2) is 73.6 Å². The predicted octanol–water partition coefficient (Wildman–Crippen LogP) is 4.80. The number of anilines is 1. The molecule has 4 N–H and O–H groups in total. The molecule has 0 fully saturated rings. The zero-order chi connectivity index (χ0) is 26.2. The fraction of sp³-hybridized carbons (Fsp3) is 0.143. The lowest BCUT2D eigenvalue weighted by Crippen LogP contribution is -2.13. The lowest BCUT2D eigenvalue weighted by atomic mass is 10.0. The predicted molar refractivity (Wildman–Crippen MR) is 147 cm³/mol. The fourth-order valence-corrected chi connectivity index (χ4v) is 4.52. The van der Waals surface area contributed by atoms with E-state index in [0.717, 1.165) is 33.2 Å². The first-order valence-electron chi connectivity index (χ1n) is 12.2. The molecule has 38 heavy (non-hydrogen) atoms. The van der Waals surface area contributed by atoms with Gasteiger partial charge < -0.3 is 11.2 Å². The number of H-pyrrole nitrogens is 1. The zero-order valence-corrected chi connectivity index (χ0v) is 20.9. The second-order valence-corrected chi connectivity index (χ2v) is 9.54. The Morgan fingerprint density at radius 3 is 2.66 bits per heavy atom. The van der Waals surface area contributed by atoms with E-state index in [9.17, 15) is 4.79 Å². The van der Waals surface area contributed by atoms with Crippen LogP contribution in [0.2, 0.25) is 0 Å². The number of aromatic amines is 1. The molecule has 10 heteroatoms. The van der Waals surface area contributed by atoms with E-state index in [1.165, 1.54) is 4.68 Å². The van der Waals surface area contributed by atoms with Crippen molar-refractivity contribution in [3.63, 3.8) is 0 Å². The molecule has 1 aromatic carbocycles. The minimum absolute atomic E-state index is 0.0338. The zero-order valence-electron chi connectivity index (χ0n) is 20.9. The van der Waals surface area contributed by atoms with Crippen molar-refractivity contribution in [2.45, 2.75) is 20.3 Å². The first-order valence-corrected chi connectivity index (χ1v) is 12.2. The van der Waals surface area contributed by atoms with Gasteiger partial charge in [0, 0.05) is 53.3 Å². The van der Waals surface area contributed by atoms with Crippen molar-refractivity contribution in [3.8, 4) is 33.8 Å². The molecule has 10 nitrogen and oxygen atoms in total. The Morgan fingerprint density at radius 2 is 1.84 bits per heavy atom. The van der Waals surface area contributed by atoms with Gasteiger partial charge >= 0.3 is 0 Å². The van der Waals surface area contributed by atoms with Gasteiger partial charge in [0.05, 0.1) is 23.6 Å². The third-order valence-electron chi connectivity index (χ3n) is 6.30. The number of nitrogens with two attached hydrogens (primary N) is 1. The largest absolute Gasteiger partial charge is 0.337 e. The van der Waals surface area contributed by atoms with Crippen LogP contribution in [0.3, 0.4) is 0 Å². The molecule has 0 aliphatic carbocycles. The summed E-state index contributed by atoms with van der Waals surface area (Å²) >= 11 is 0. The van der Waals surface area contributed by atoms with Gasteiger partial charge in [-0.1, -0.05) is 26.0 Å². The number of nitrogens with one attached hydrogen (secondary N) is 2. The Hall–Kier alpha value is -5.12. The average molecular weight is 504 g/mol. The quantitative estimate of drug-likeness (QED) is 0.277. The Balaban J connectivity index is 1.41. The van der Waals surface area contributed by atoms with E-state index in [0.29, 0.717) is 34.7 Å². The standard InChI is InChI=1S/C28H25N9O/c1-16(2)8-25(38)33-20-9-19(12-31-13-20)17-5-6-23-21(10-17)27(36-35-23)28-34-26-22(18-4-3-7-30-11-18)14-32-15-24(26)37(28)29/h3-7,9-16H,8,29H2,1-2H3,(H,33,38)(H,35,36). The second-order valence-electron chi connectivity index (χ2n) is 9.54. The molecule has 0 bridgehead atoms. The topological polar surface area (TPSA) is 140 Å². The van der Waals surface area contributed by atoms with Crippen LogP contribution in [0.5, 0.6) is 0 Å². The number of fused-ring (bicyclic) bond motifs is 2. The number of imidazole rings is 1. The van der Waals surface area contributed by atoms with Gasteiger partial charge in [0.15, 0.2) is 5.82 Å². The molecule has 5 aromatic heterocycles. The number of hydrogen-bond acceptors (Lipinski definition) is 7. The van der Waals surface area contributed by atoms with Crippen molar-refractivity contribution in [1.29, 1.82) is 0 Å². The van der Waals surface area contributed by atoms with Crippen molar-refractivity contribution in [2.75, 3.05) is 11.2 Å². The summed E-state index contributed by atoms with van der Waals surface area (Å²) in [5.74, 6) is 7.26. The molecule has 6 rings (SSSR count). The Bertz CT molecular complexity index is 1790. The Kier molecular flexibility index (Phi) is 5.76. The first kappa shape index (κ1) is 23.3. The van der Waals surface area contributed by atoms with Crippen LogP contribution >= 0.6 is 0 Å². The summed E-state index contributed by atoms with van der Waals surface area (Å²) in [6, 6.07) is 11.7. The van der Waals surface area contributed by atoms with E-state index < -0.39 is 0 Å². The highest BCUT2D eigenvalue weighted by Gasteiger charge is 2.20. The van der Waals surface area contributed by atoms with Gasteiger partial charge in [0.1, 0.15) is 16.7 Å². The van der Waals surface area contributed by atoms with Crippen molar-refractivity contribution in [3.05, 3.63) is 73.6 Å². The van der Waals surface area contributed by atoms with Gasteiger partial charge in [-0.25, -0.2) is 9.66 Å². The third kappa shape index (κ3) is 4.21. The summed E-state index contributed by atoms with van der Waals surface area (Å²) in [4.78, 5) is 30.1. The lowest BCUT2D eigenvalue weighted by Gasteiger charge is -2.09. The molecule has 0 aliphatic heterocycles. The summed E-state index contributed by atoms with van der Waals surface area (Å²) in [6.07, 6.45) is 10.8. The molecule has 0 radical (unpaired) electrons. The minimum Gasteiger partial charge on any atom is -0.337 e. The smallest absolute Gasteiger partial charge is 0.224 e. The van der Waals surface area contributed by atoms with Crippen LogP contribution < -0.4 is 11.2 Å². The number of hydrogen-bond donors (Lipinski definition) is 3. The molecule has 0 aliphatic rings. The highest BCUT2D eigenvalue weighted by atomic mass is 16.1. The van der Waals surface area contributed by atoms with Gasteiger partial charge in [-0.15, -0.1) is 0 Å². The Labute approximate surface area is 218 Å². The molecule has 188 valence electrons. The maximum Gasteiger partial charge on any atom is 0.224 e. The van der Waals surface area contributed by atoms with E-state index in [4.69, 9.17) is 10.8 Å². The number of nitrogens with zero attached hydrogens (tertiary/aromatic N) is 6. The van der Waals surface area contributed by atoms with Crippen molar-refractivity contribution in [2.24, 2.45) is 5.92 Å². The van der Waals surface area contributed by atoms with Crippen LogP contribution in [0, 0.1) is 5.92 Å². The number of aromatic nitrogens is 7. The first-order chi connectivity index (χ1) is 18.5. The van der Waals surface area contributed by atoms with E-state index in [1.807, 2.05) is 50.2 Å². The van der Waals surface area contributed by atoms with E-state index in [1.54, 1.807) is 37.2 Å². The van der Waals surface area contributed by atoms with Crippen molar-refractivity contribution >= 4 is 33.5 Å². The molecule has 0 atom stereocenters. The number of nitrogen functional groups attached to an aromatic ring is 1. The van der Waals surface area contributed by atoms with Gasteiger partial charge in [-0.2, -0.15) is 5.10 Å². The fourth-order valence-electron chi connectivity index (χ4n) is 4.52. The van der Waals surface area contributed by atoms with Crippen LogP contribution in [0.1, 0.15) is 20.3 Å². The molecule has 1 amide bonds. The molecule has 0 saturated carbocycles. The number of pyridine rings is 3. The molecular weight excluding hydrogens is 478 g/mol. The normalized spacial score (nSPS) is 11.4. The SMILES string of the molecule is CC(C)CC(=O)Nc1cncc(-c2ccc3[nH]nc(-c4nc5c(-c6cccnc6)cncc5n4N)c3c2)c1. The Morgan fingerprint density at radius 1 is 1.00 bits per heavy atom. The minimum atomic E-state index is -0.0338. The number of amides is 1. The summed E-state index contributed by atoms with van der Waals surface area (Å²) in [5, 5.41) is 11.4. The molecule has 6 aromatic rings. The molecular formula is C28H25N9O. The van der Waals surface area contributed by atoms with Crippen molar-refractivity contribution in [1.82, 2.24) is 34.8 Å². The number of carbonyl (C=O) groups is 1. The molecule has 5 heterocycles. The maximum absolute atomic E-state index is 12.3. The van der Waals surface area contributed by atoms with E-state index in [2.05, 4.69) is 30.5 Å². The summed E-state index contributed by atoms with van der Waals surface area (Å²) in [5.41, 5.74) is 7.04.